The molecule has 2 aromatic rings. The lowest BCUT2D eigenvalue weighted by atomic mass is 10.2. The number of hydrogen-bond acceptors (Lipinski definition) is 3. The molecule has 5 heteroatoms. The van der Waals surface area contributed by atoms with Crippen LogP contribution in [-0.4, -0.2) is 40.0 Å². The summed E-state index contributed by atoms with van der Waals surface area (Å²) in [6.45, 7) is 3.70. The van der Waals surface area contributed by atoms with E-state index in [2.05, 4.69) is 36.8 Å². The summed E-state index contributed by atoms with van der Waals surface area (Å²) < 4.78 is 14.8. The first-order valence-electron chi connectivity index (χ1n) is 8.01. The van der Waals surface area contributed by atoms with Crippen molar-refractivity contribution in [3.63, 3.8) is 0 Å². The van der Waals surface area contributed by atoms with E-state index in [0.717, 1.165) is 41.9 Å². The second-order valence-corrected chi connectivity index (χ2v) is 7.38. The van der Waals surface area contributed by atoms with Gasteiger partial charge in [-0.2, -0.15) is 0 Å². The summed E-state index contributed by atoms with van der Waals surface area (Å²) in [5.74, 6) is -0.0915. The van der Waals surface area contributed by atoms with Gasteiger partial charge < -0.3 is 0 Å². The second-order valence-electron chi connectivity index (χ2n) is 6.46. The molecule has 0 radical (unpaired) electrons. The zero-order valence-electron chi connectivity index (χ0n) is 12.8. The quantitative estimate of drug-likeness (QED) is 0.815. The number of pyridine rings is 1. The topological polar surface area (TPSA) is 19.4 Å². The zero-order valence-corrected chi connectivity index (χ0v) is 14.4. The van der Waals surface area contributed by atoms with E-state index in [9.17, 15) is 4.39 Å². The van der Waals surface area contributed by atoms with Crippen LogP contribution < -0.4 is 0 Å². The Labute approximate surface area is 144 Å². The molecule has 2 unspecified atom stereocenters. The van der Waals surface area contributed by atoms with E-state index >= 15 is 0 Å². The maximum absolute atomic E-state index is 13.8. The molecular formula is C18H19BrFN3. The highest BCUT2D eigenvalue weighted by atomic mass is 79.9. The second kappa shape index (κ2) is 6.30. The standard InChI is InChI=1S/C18H19BrFN3/c19-14-5-6-15(21-8-14)10-23-12-16-7-17(23)11-22(16)9-13-3-1-2-4-18(13)20/h1-6,8,16-17H,7,9-12H2. The maximum Gasteiger partial charge on any atom is 0.127 e. The van der Waals surface area contributed by atoms with Gasteiger partial charge in [0, 0.05) is 54.5 Å². The fourth-order valence-corrected chi connectivity index (χ4v) is 4.01. The van der Waals surface area contributed by atoms with Crippen LogP contribution in [-0.2, 0) is 13.1 Å². The molecule has 0 spiro atoms. The normalized spacial score (nSPS) is 24.4. The number of hydrogen-bond donors (Lipinski definition) is 0. The molecule has 1 aromatic carbocycles. The molecular weight excluding hydrogens is 357 g/mol. The molecule has 3 heterocycles. The Morgan fingerprint density at radius 3 is 2.43 bits per heavy atom. The first-order chi connectivity index (χ1) is 11.2. The summed E-state index contributed by atoms with van der Waals surface area (Å²) in [7, 11) is 0. The van der Waals surface area contributed by atoms with Gasteiger partial charge in [0.2, 0.25) is 0 Å². The molecule has 0 amide bonds. The molecule has 120 valence electrons. The lowest BCUT2D eigenvalue weighted by Gasteiger charge is -2.34. The van der Waals surface area contributed by atoms with Crippen molar-refractivity contribution in [1.29, 1.82) is 0 Å². The SMILES string of the molecule is Fc1ccccc1CN1CC2CC1CN2Cc1ccc(Br)cn1. The minimum Gasteiger partial charge on any atom is -0.293 e. The Morgan fingerprint density at radius 1 is 1.04 bits per heavy atom. The summed E-state index contributed by atoms with van der Waals surface area (Å²) >= 11 is 3.42. The first kappa shape index (κ1) is 15.2. The largest absolute Gasteiger partial charge is 0.293 e. The fourth-order valence-electron chi connectivity index (χ4n) is 3.77. The molecule has 4 rings (SSSR count). The van der Waals surface area contributed by atoms with Gasteiger partial charge in [-0.25, -0.2) is 4.39 Å². The summed E-state index contributed by atoms with van der Waals surface area (Å²) in [4.78, 5) is 9.41. The van der Waals surface area contributed by atoms with Crippen LogP contribution in [0, 0.1) is 5.82 Å². The van der Waals surface area contributed by atoms with Crippen LogP contribution in [0.15, 0.2) is 47.1 Å². The number of aromatic nitrogens is 1. The number of benzene rings is 1. The Morgan fingerprint density at radius 2 is 1.78 bits per heavy atom. The van der Waals surface area contributed by atoms with Gasteiger partial charge >= 0.3 is 0 Å². The molecule has 2 bridgehead atoms. The molecule has 0 aliphatic carbocycles. The fraction of sp³-hybridized carbons (Fsp3) is 0.389. The summed E-state index contributed by atoms with van der Waals surface area (Å²) in [6, 6.07) is 12.3. The highest BCUT2D eigenvalue weighted by Gasteiger charge is 2.42. The van der Waals surface area contributed by atoms with E-state index in [0.29, 0.717) is 12.1 Å². The van der Waals surface area contributed by atoms with Gasteiger partial charge in [0.15, 0.2) is 0 Å². The summed E-state index contributed by atoms with van der Waals surface area (Å²) in [5.41, 5.74) is 1.92. The average Bonchev–Trinajstić information content (AvgIpc) is 3.12. The van der Waals surface area contributed by atoms with Crippen molar-refractivity contribution in [2.24, 2.45) is 0 Å². The van der Waals surface area contributed by atoms with Crippen LogP contribution in [0.25, 0.3) is 0 Å². The Balaban J connectivity index is 1.38. The van der Waals surface area contributed by atoms with E-state index < -0.39 is 0 Å². The molecule has 23 heavy (non-hydrogen) atoms. The van der Waals surface area contributed by atoms with E-state index in [-0.39, 0.29) is 5.82 Å². The van der Waals surface area contributed by atoms with Gasteiger partial charge in [-0.3, -0.25) is 14.8 Å². The third-order valence-corrected chi connectivity index (χ3v) is 5.42. The van der Waals surface area contributed by atoms with Crippen LogP contribution in [0.3, 0.4) is 0 Å². The number of rotatable bonds is 4. The van der Waals surface area contributed by atoms with Crippen molar-refractivity contribution in [3.8, 4) is 0 Å². The molecule has 2 saturated heterocycles. The number of likely N-dealkylation sites (tertiary alicyclic amines) is 2. The molecule has 2 aliphatic rings. The lowest BCUT2D eigenvalue weighted by molar-refractivity contribution is 0.116. The molecule has 0 N–H and O–H groups in total. The Hall–Kier alpha value is -1.30. The van der Waals surface area contributed by atoms with Gasteiger partial charge in [-0.05, 0) is 40.5 Å². The molecule has 2 fully saturated rings. The van der Waals surface area contributed by atoms with E-state index in [1.54, 1.807) is 12.1 Å². The monoisotopic (exact) mass is 375 g/mol. The third-order valence-electron chi connectivity index (χ3n) is 4.95. The van der Waals surface area contributed by atoms with Crippen LogP contribution in [0.4, 0.5) is 4.39 Å². The van der Waals surface area contributed by atoms with E-state index in [1.165, 1.54) is 6.42 Å². The molecule has 1 aromatic heterocycles. The average molecular weight is 376 g/mol. The van der Waals surface area contributed by atoms with Gasteiger partial charge in [0.1, 0.15) is 5.82 Å². The third kappa shape index (κ3) is 3.18. The molecule has 0 saturated carbocycles. The lowest BCUT2D eigenvalue weighted by Crippen LogP contribution is -2.45. The van der Waals surface area contributed by atoms with E-state index in [1.807, 2.05) is 24.4 Å². The van der Waals surface area contributed by atoms with Crippen molar-refractivity contribution in [3.05, 3.63) is 64.1 Å². The van der Waals surface area contributed by atoms with Gasteiger partial charge in [-0.1, -0.05) is 18.2 Å². The highest BCUT2D eigenvalue weighted by Crippen LogP contribution is 2.33. The summed E-state index contributed by atoms with van der Waals surface area (Å²) in [5, 5.41) is 0. The van der Waals surface area contributed by atoms with Crippen LogP contribution in [0.5, 0.6) is 0 Å². The summed E-state index contributed by atoms with van der Waals surface area (Å²) in [6.07, 6.45) is 3.04. The van der Waals surface area contributed by atoms with Crippen molar-refractivity contribution >= 4 is 15.9 Å². The first-order valence-corrected chi connectivity index (χ1v) is 8.80. The number of piperazine rings is 1. The minimum atomic E-state index is -0.0915. The van der Waals surface area contributed by atoms with E-state index in [4.69, 9.17) is 0 Å². The maximum atomic E-state index is 13.8. The van der Waals surface area contributed by atoms with Gasteiger partial charge in [0.25, 0.3) is 0 Å². The molecule has 2 aliphatic heterocycles. The molecule has 3 nitrogen and oxygen atoms in total. The van der Waals surface area contributed by atoms with Crippen LogP contribution in [0.1, 0.15) is 17.7 Å². The van der Waals surface area contributed by atoms with Gasteiger partial charge in [0.05, 0.1) is 5.69 Å². The van der Waals surface area contributed by atoms with Crippen molar-refractivity contribution < 1.29 is 4.39 Å². The number of halogens is 2. The van der Waals surface area contributed by atoms with Crippen molar-refractivity contribution in [1.82, 2.24) is 14.8 Å². The van der Waals surface area contributed by atoms with Gasteiger partial charge in [-0.15, -0.1) is 0 Å². The zero-order chi connectivity index (χ0) is 15.8. The number of fused-ring (bicyclic) bond motifs is 2. The predicted octanol–water partition coefficient (Wildman–Crippen LogP) is 3.44. The van der Waals surface area contributed by atoms with Crippen molar-refractivity contribution in [2.45, 2.75) is 31.6 Å². The highest BCUT2D eigenvalue weighted by molar-refractivity contribution is 9.10. The Kier molecular flexibility index (Phi) is 4.18. The predicted molar refractivity (Wildman–Crippen MR) is 91.4 cm³/mol. The minimum absolute atomic E-state index is 0.0915. The van der Waals surface area contributed by atoms with Crippen LogP contribution in [0.2, 0.25) is 0 Å². The smallest absolute Gasteiger partial charge is 0.127 e. The van der Waals surface area contributed by atoms with Crippen LogP contribution >= 0.6 is 15.9 Å². The number of nitrogens with zero attached hydrogens (tertiary/aromatic N) is 3. The molecule has 2 atom stereocenters. The Bertz CT molecular complexity index is 691. The van der Waals surface area contributed by atoms with Crippen molar-refractivity contribution in [2.75, 3.05) is 13.1 Å².